The monoisotopic (exact) mass is 244 g/mol. The summed E-state index contributed by atoms with van der Waals surface area (Å²) in [5, 5.41) is 0.274. The lowest BCUT2D eigenvalue weighted by Gasteiger charge is -2.13. The SMILES string of the molecule is CCCC(C)COc1ncnc(Cl)c1OC. The fourth-order valence-electron chi connectivity index (χ4n) is 1.41. The Bertz CT molecular complexity index is 334. The van der Waals surface area contributed by atoms with Gasteiger partial charge in [-0.3, -0.25) is 0 Å². The molecule has 0 aromatic carbocycles. The summed E-state index contributed by atoms with van der Waals surface area (Å²) in [6.45, 7) is 4.90. The van der Waals surface area contributed by atoms with Crippen LogP contribution in [0.3, 0.4) is 0 Å². The van der Waals surface area contributed by atoms with Gasteiger partial charge in [-0.25, -0.2) is 4.98 Å². The van der Waals surface area contributed by atoms with Crippen molar-refractivity contribution in [2.45, 2.75) is 26.7 Å². The van der Waals surface area contributed by atoms with Crippen molar-refractivity contribution in [2.24, 2.45) is 5.92 Å². The minimum atomic E-state index is 0.274. The Morgan fingerprint density at radius 1 is 1.44 bits per heavy atom. The van der Waals surface area contributed by atoms with Crippen molar-refractivity contribution in [3.8, 4) is 11.6 Å². The summed E-state index contributed by atoms with van der Waals surface area (Å²) in [4.78, 5) is 7.82. The molecule has 0 fully saturated rings. The third-order valence-electron chi connectivity index (χ3n) is 2.22. The van der Waals surface area contributed by atoms with Crippen LogP contribution in [-0.4, -0.2) is 23.7 Å². The molecule has 0 aliphatic carbocycles. The molecular formula is C11H17ClN2O2. The van der Waals surface area contributed by atoms with Gasteiger partial charge >= 0.3 is 0 Å². The summed E-state index contributed by atoms with van der Waals surface area (Å²) in [5.41, 5.74) is 0. The second-order valence-electron chi connectivity index (χ2n) is 3.71. The summed E-state index contributed by atoms with van der Waals surface area (Å²) in [6.07, 6.45) is 3.64. The lowest BCUT2D eigenvalue weighted by Crippen LogP contribution is -2.10. The maximum Gasteiger partial charge on any atom is 0.261 e. The van der Waals surface area contributed by atoms with Gasteiger partial charge < -0.3 is 9.47 Å². The molecular weight excluding hydrogens is 228 g/mol. The lowest BCUT2D eigenvalue weighted by atomic mass is 10.1. The molecule has 0 bridgehead atoms. The molecule has 1 atom stereocenters. The molecule has 0 N–H and O–H groups in total. The summed E-state index contributed by atoms with van der Waals surface area (Å²) in [6, 6.07) is 0. The predicted octanol–water partition coefficient (Wildman–Crippen LogP) is 2.95. The predicted molar refractivity (Wildman–Crippen MR) is 63.2 cm³/mol. The fourth-order valence-corrected chi connectivity index (χ4v) is 1.61. The van der Waals surface area contributed by atoms with E-state index in [2.05, 4.69) is 23.8 Å². The smallest absolute Gasteiger partial charge is 0.261 e. The number of methoxy groups -OCH3 is 1. The molecule has 0 aliphatic rings. The van der Waals surface area contributed by atoms with E-state index in [0.29, 0.717) is 24.2 Å². The van der Waals surface area contributed by atoms with Crippen LogP contribution in [0, 0.1) is 5.92 Å². The summed E-state index contributed by atoms with van der Waals surface area (Å²) in [5.74, 6) is 1.29. The van der Waals surface area contributed by atoms with Gasteiger partial charge in [-0.1, -0.05) is 31.9 Å². The third kappa shape index (κ3) is 3.52. The average Bonchev–Trinajstić information content (AvgIpc) is 2.27. The summed E-state index contributed by atoms with van der Waals surface area (Å²) in [7, 11) is 1.52. The Morgan fingerprint density at radius 2 is 2.19 bits per heavy atom. The molecule has 90 valence electrons. The molecule has 0 spiro atoms. The first-order valence-electron chi connectivity index (χ1n) is 5.36. The number of nitrogens with zero attached hydrogens (tertiary/aromatic N) is 2. The molecule has 0 radical (unpaired) electrons. The zero-order chi connectivity index (χ0) is 12.0. The Morgan fingerprint density at radius 3 is 2.81 bits per heavy atom. The van der Waals surface area contributed by atoms with Crippen LogP contribution >= 0.6 is 11.6 Å². The number of halogens is 1. The molecule has 5 heteroatoms. The van der Waals surface area contributed by atoms with Gasteiger partial charge in [0.25, 0.3) is 5.88 Å². The molecule has 1 aromatic rings. The molecule has 1 rings (SSSR count). The van der Waals surface area contributed by atoms with Gasteiger partial charge in [-0.05, 0) is 12.3 Å². The van der Waals surface area contributed by atoms with Gasteiger partial charge in [-0.2, -0.15) is 4.98 Å². The van der Waals surface area contributed by atoms with Crippen molar-refractivity contribution in [2.75, 3.05) is 13.7 Å². The van der Waals surface area contributed by atoms with Crippen LogP contribution in [0.1, 0.15) is 26.7 Å². The van der Waals surface area contributed by atoms with Gasteiger partial charge in [0.05, 0.1) is 13.7 Å². The van der Waals surface area contributed by atoms with Gasteiger partial charge in [0.2, 0.25) is 5.75 Å². The van der Waals surface area contributed by atoms with Crippen LogP contribution < -0.4 is 9.47 Å². The summed E-state index contributed by atoms with van der Waals surface area (Å²) >= 11 is 5.85. The number of ether oxygens (including phenoxy) is 2. The number of rotatable bonds is 6. The van der Waals surface area contributed by atoms with Gasteiger partial charge in [-0.15, -0.1) is 0 Å². The largest absolute Gasteiger partial charge is 0.489 e. The minimum absolute atomic E-state index is 0.274. The van der Waals surface area contributed by atoms with Gasteiger partial charge in [0.15, 0.2) is 5.15 Å². The van der Waals surface area contributed by atoms with E-state index in [4.69, 9.17) is 21.1 Å². The van der Waals surface area contributed by atoms with E-state index < -0.39 is 0 Å². The molecule has 1 unspecified atom stereocenters. The van der Waals surface area contributed by atoms with Crippen molar-refractivity contribution >= 4 is 11.6 Å². The molecule has 1 aromatic heterocycles. The van der Waals surface area contributed by atoms with Crippen LogP contribution in [0.15, 0.2) is 6.33 Å². The van der Waals surface area contributed by atoms with Crippen molar-refractivity contribution in [1.29, 1.82) is 0 Å². The number of hydrogen-bond acceptors (Lipinski definition) is 4. The highest BCUT2D eigenvalue weighted by atomic mass is 35.5. The first kappa shape index (κ1) is 13.0. The maximum absolute atomic E-state index is 5.85. The van der Waals surface area contributed by atoms with Crippen LogP contribution in [0.4, 0.5) is 0 Å². The fraction of sp³-hybridized carbons (Fsp3) is 0.636. The Hall–Kier alpha value is -1.03. The van der Waals surface area contributed by atoms with E-state index in [1.165, 1.54) is 13.4 Å². The zero-order valence-electron chi connectivity index (χ0n) is 9.86. The first-order valence-corrected chi connectivity index (χ1v) is 5.74. The Balaban J connectivity index is 2.63. The van der Waals surface area contributed by atoms with Crippen LogP contribution in [0.5, 0.6) is 11.6 Å². The highest BCUT2D eigenvalue weighted by molar-refractivity contribution is 6.31. The maximum atomic E-state index is 5.85. The molecule has 1 heterocycles. The molecule has 16 heavy (non-hydrogen) atoms. The standard InChI is InChI=1S/C11H17ClN2O2/c1-4-5-8(2)6-16-11-9(15-3)10(12)13-7-14-11/h7-8H,4-6H2,1-3H3. The van der Waals surface area contributed by atoms with Crippen molar-refractivity contribution < 1.29 is 9.47 Å². The molecule has 0 amide bonds. The average molecular weight is 245 g/mol. The van der Waals surface area contributed by atoms with Gasteiger partial charge in [0, 0.05) is 0 Å². The molecule has 4 nitrogen and oxygen atoms in total. The Kier molecular flexibility index (Phi) is 5.32. The van der Waals surface area contributed by atoms with Crippen LogP contribution in [0.25, 0.3) is 0 Å². The molecule has 0 saturated heterocycles. The van der Waals surface area contributed by atoms with Crippen molar-refractivity contribution in [3.05, 3.63) is 11.5 Å². The van der Waals surface area contributed by atoms with Crippen molar-refractivity contribution in [1.82, 2.24) is 9.97 Å². The first-order chi connectivity index (χ1) is 7.69. The van der Waals surface area contributed by atoms with E-state index in [1.54, 1.807) is 0 Å². The van der Waals surface area contributed by atoms with Crippen LogP contribution in [0.2, 0.25) is 5.15 Å². The number of hydrogen-bond donors (Lipinski definition) is 0. The quantitative estimate of drug-likeness (QED) is 0.722. The minimum Gasteiger partial charge on any atom is -0.489 e. The summed E-state index contributed by atoms with van der Waals surface area (Å²) < 4.78 is 10.6. The Labute approximate surface area is 101 Å². The van der Waals surface area contributed by atoms with Crippen LogP contribution in [-0.2, 0) is 0 Å². The second-order valence-corrected chi connectivity index (χ2v) is 4.07. The van der Waals surface area contributed by atoms with Crippen molar-refractivity contribution in [3.63, 3.8) is 0 Å². The van der Waals surface area contributed by atoms with E-state index >= 15 is 0 Å². The van der Waals surface area contributed by atoms with E-state index in [-0.39, 0.29) is 5.15 Å². The zero-order valence-corrected chi connectivity index (χ0v) is 10.6. The third-order valence-corrected chi connectivity index (χ3v) is 2.49. The molecule has 0 aliphatic heterocycles. The highest BCUT2D eigenvalue weighted by Crippen LogP contribution is 2.30. The number of aromatic nitrogens is 2. The van der Waals surface area contributed by atoms with E-state index in [1.807, 2.05) is 0 Å². The molecule has 0 saturated carbocycles. The van der Waals surface area contributed by atoms with Gasteiger partial charge in [0.1, 0.15) is 6.33 Å². The normalized spacial score (nSPS) is 12.2. The second kappa shape index (κ2) is 6.53. The van der Waals surface area contributed by atoms with E-state index in [9.17, 15) is 0 Å². The lowest BCUT2D eigenvalue weighted by molar-refractivity contribution is 0.230. The highest BCUT2D eigenvalue weighted by Gasteiger charge is 2.12. The topological polar surface area (TPSA) is 44.2 Å². The van der Waals surface area contributed by atoms with E-state index in [0.717, 1.165) is 12.8 Å².